The van der Waals surface area contributed by atoms with Gasteiger partial charge in [0.2, 0.25) is 0 Å². The molecule has 1 aromatic heterocycles. The van der Waals surface area contributed by atoms with Gasteiger partial charge in [0.05, 0.1) is 6.07 Å². The molecule has 1 aliphatic heterocycles. The third kappa shape index (κ3) is 9.92. The standard InChI is InChI=1S/C27H28ClN3O3.CH3.Li/c1-19(12-27(33)34)11-26(32)25(23-13-22(16-29)17-30-18-23)15-21-6-9-31(10-7-21)8-5-20-3-2-4-24(28)14-20;;/h2-4,13-14,17,19,21H,5-12H2,1H3,(H,33,34);1H3;/q-2;-1;+1/t19-;;/m0../s1. The molecule has 36 heavy (non-hydrogen) atoms. The fourth-order valence-corrected chi connectivity index (χ4v) is 4.38. The molecule has 0 radical (unpaired) electrons. The first-order valence-electron chi connectivity index (χ1n) is 11.5. The summed E-state index contributed by atoms with van der Waals surface area (Å²) in [6.45, 7) is 4.48. The Morgan fingerprint density at radius 3 is 2.67 bits per heavy atom. The second-order valence-corrected chi connectivity index (χ2v) is 9.28. The number of hydrogen-bond donors (Lipinski definition) is 1. The van der Waals surface area contributed by atoms with Crippen molar-refractivity contribution in [1.29, 1.82) is 5.26 Å². The van der Waals surface area contributed by atoms with E-state index in [1.165, 1.54) is 11.8 Å². The summed E-state index contributed by atoms with van der Waals surface area (Å²) in [6.07, 6.45) is 10.3. The van der Waals surface area contributed by atoms with Crippen molar-refractivity contribution < 1.29 is 33.6 Å². The van der Waals surface area contributed by atoms with Crippen molar-refractivity contribution in [2.24, 2.45) is 11.8 Å². The van der Waals surface area contributed by atoms with E-state index in [1.807, 2.05) is 24.3 Å². The van der Waals surface area contributed by atoms with Crippen LogP contribution in [-0.4, -0.2) is 46.4 Å². The summed E-state index contributed by atoms with van der Waals surface area (Å²) in [4.78, 5) is 30.5. The Kier molecular flexibility index (Phi) is 13.7. The van der Waals surface area contributed by atoms with Gasteiger partial charge in [0.15, 0.2) is 0 Å². The monoisotopic (exact) mass is 499 g/mol. The zero-order valence-electron chi connectivity index (χ0n) is 21.3. The number of rotatable bonds is 10. The quantitative estimate of drug-likeness (QED) is 0.305. The fourth-order valence-electron chi connectivity index (χ4n) is 4.17. The van der Waals surface area contributed by atoms with Gasteiger partial charge in [-0.2, -0.15) is 11.3 Å². The van der Waals surface area contributed by atoms with Crippen LogP contribution >= 0.6 is 11.6 Å². The number of aliphatic carboxylic acids is 1. The van der Waals surface area contributed by atoms with Gasteiger partial charge in [-0.15, -0.1) is 6.20 Å². The second-order valence-electron chi connectivity index (χ2n) is 8.84. The molecule has 1 aromatic carbocycles. The number of likely N-dealkylation sites (tertiary alicyclic amines) is 1. The zero-order valence-corrected chi connectivity index (χ0v) is 22.0. The maximum atomic E-state index is 13.1. The van der Waals surface area contributed by atoms with Gasteiger partial charge in [-0.3, -0.25) is 4.79 Å². The molecule has 186 valence electrons. The number of piperidine rings is 1. The minimum absolute atomic E-state index is 0. The number of benzene rings is 1. The van der Waals surface area contributed by atoms with Crippen LogP contribution in [0.1, 0.15) is 49.3 Å². The molecule has 1 aliphatic rings. The van der Waals surface area contributed by atoms with Crippen LogP contribution in [0, 0.1) is 42.9 Å². The molecule has 0 bridgehead atoms. The number of allylic oxidation sites excluding steroid dienone is 2. The fraction of sp³-hybridized carbons (Fsp3) is 0.393. The Morgan fingerprint density at radius 1 is 1.31 bits per heavy atom. The Morgan fingerprint density at radius 2 is 2.03 bits per heavy atom. The smallest absolute Gasteiger partial charge is 0.481 e. The Bertz CT molecular complexity index is 1090. The third-order valence-electron chi connectivity index (χ3n) is 5.96. The van der Waals surface area contributed by atoms with E-state index < -0.39 is 5.97 Å². The van der Waals surface area contributed by atoms with Crippen LogP contribution in [0.25, 0.3) is 5.57 Å². The molecule has 0 unspecified atom stereocenters. The number of hydrogen-bond acceptors (Lipinski definition) is 5. The number of ketones is 1. The van der Waals surface area contributed by atoms with E-state index in [-0.39, 0.29) is 56.7 Å². The average Bonchev–Trinajstić information content (AvgIpc) is 2.81. The number of carboxylic acids is 1. The summed E-state index contributed by atoms with van der Waals surface area (Å²) in [5.41, 5.74) is 2.36. The summed E-state index contributed by atoms with van der Waals surface area (Å²) in [7, 11) is 0. The van der Waals surface area contributed by atoms with Crippen LogP contribution in [0.4, 0.5) is 0 Å². The van der Waals surface area contributed by atoms with Gasteiger partial charge in [0.1, 0.15) is 0 Å². The van der Waals surface area contributed by atoms with Crippen molar-refractivity contribution in [3.8, 4) is 6.07 Å². The third-order valence-corrected chi connectivity index (χ3v) is 6.20. The van der Waals surface area contributed by atoms with Gasteiger partial charge in [-0.05, 0) is 74.1 Å². The summed E-state index contributed by atoms with van der Waals surface area (Å²) >= 11 is 6.08. The molecule has 1 atom stereocenters. The SMILES string of the molecule is C[C@H](CC(=O)O)CC(=O)C(=[C-]C1CCN(CCc2cccc(Cl)c2)CC1)c1[c-]ncc(C#N)c1.[CH3-].[Li+]. The number of carbonyl (C=O) groups excluding carboxylic acids is 1. The van der Waals surface area contributed by atoms with Crippen LogP contribution in [0.3, 0.4) is 0 Å². The topological polar surface area (TPSA) is 94.3 Å². The van der Waals surface area contributed by atoms with E-state index in [1.54, 1.807) is 13.0 Å². The average molecular weight is 500 g/mol. The van der Waals surface area contributed by atoms with Crippen molar-refractivity contribution in [3.05, 3.63) is 77.9 Å². The van der Waals surface area contributed by atoms with E-state index in [2.05, 4.69) is 28.2 Å². The van der Waals surface area contributed by atoms with E-state index in [0.717, 1.165) is 43.9 Å². The molecule has 1 N–H and O–H groups in total. The van der Waals surface area contributed by atoms with Crippen molar-refractivity contribution in [1.82, 2.24) is 9.88 Å². The van der Waals surface area contributed by atoms with Crippen molar-refractivity contribution in [2.75, 3.05) is 19.6 Å². The molecule has 3 rings (SSSR count). The minimum atomic E-state index is -0.931. The van der Waals surface area contributed by atoms with Gasteiger partial charge >= 0.3 is 24.8 Å². The number of carbonyl (C=O) groups is 2. The van der Waals surface area contributed by atoms with Gasteiger partial charge < -0.3 is 27.2 Å². The maximum Gasteiger partial charge on any atom is 1.00 e. The summed E-state index contributed by atoms with van der Waals surface area (Å²) in [5, 5.41) is 19.0. The molecule has 0 amide bonds. The molecule has 8 heteroatoms. The van der Waals surface area contributed by atoms with E-state index in [0.29, 0.717) is 16.7 Å². The zero-order chi connectivity index (χ0) is 24.5. The number of carboxylic acid groups (broad SMARTS) is 1. The Balaban J connectivity index is 0.00000324. The minimum Gasteiger partial charge on any atom is -0.481 e. The first-order valence-corrected chi connectivity index (χ1v) is 11.8. The van der Waals surface area contributed by atoms with Crippen molar-refractivity contribution >= 4 is 28.9 Å². The van der Waals surface area contributed by atoms with Gasteiger partial charge in [-0.1, -0.05) is 36.6 Å². The number of halogens is 1. The predicted octanol–water partition coefficient (Wildman–Crippen LogP) is 2.07. The Labute approximate surface area is 231 Å². The van der Waals surface area contributed by atoms with Crippen molar-refractivity contribution in [2.45, 2.75) is 39.0 Å². The van der Waals surface area contributed by atoms with Crippen molar-refractivity contribution in [3.63, 3.8) is 0 Å². The summed E-state index contributed by atoms with van der Waals surface area (Å²) in [5.74, 6) is -1.33. The van der Waals surface area contributed by atoms with Crippen LogP contribution < -0.4 is 18.9 Å². The normalized spacial score (nSPS) is 15.2. The molecular weight excluding hydrogens is 469 g/mol. The molecule has 1 saturated heterocycles. The second kappa shape index (κ2) is 15.6. The Hall–Kier alpha value is -2.41. The predicted molar refractivity (Wildman–Crippen MR) is 136 cm³/mol. The summed E-state index contributed by atoms with van der Waals surface area (Å²) < 4.78 is 0. The molecule has 6 nitrogen and oxygen atoms in total. The molecule has 0 spiro atoms. The number of nitrogens with zero attached hydrogens (tertiary/aromatic N) is 3. The molecule has 2 aromatic rings. The first kappa shape index (κ1) is 31.6. The van der Waals surface area contributed by atoms with Gasteiger partial charge in [-0.25, -0.2) is 17.2 Å². The van der Waals surface area contributed by atoms with Crippen LogP contribution in [0.15, 0.2) is 36.5 Å². The van der Waals surface area contributed by atoms with Crippen LogP contribution in [0.2, 0.25) is 5.02 Å². The molecular formula is C28H31ClLiN3O3-2. The van der Waals surface area contributed by atoms with Crippen LogP contribution in [-0.2, 0) is 16.0 Å². The number of aromatic nitrogens is 1. The summed E-state index contributed by atoms with van der Waals surface area (Å²) in [6, 6.07) is 11.5. The van der Waals surface area contributed by atoms with E-state index in [9.17, 15) is 14.9 Å². The molecule has 0 aliphatic carbocycles. The number of Topliss-reactive ketones (excluding diaryl/α,β-unsaturated/α-hetero) is 1. The van der Waals surface area contributed by atoms with Crippen LogP contribution in [0.5, 0.6) is 0 Å². The number of nitriles is 1. The van der Waals surface area contributed by atoms with E-state index >= 15 is 0 Å². The maximum absolute atomic E-state index is 13.1. The first-order chi connectivity index (χ1) is 16.3. The number of pyridine rings is 1. The van der Waals surface area contributed by atoms with E-state index in [4.69, 9.17) is 16.7 Å². The molecule has 2 heterocycles. The molecule has 1 fully saturated rings. The largest absolute Gasteiger partial charge is 1.00 e. The van der Waals surface area contributed by atoms with Gasteiger partial charge in [0, 0.05) is 23.8 Å². The van der Waals surface area contributed by atoms with Gasteiger partial charge in [0.25, 0.3) is 0 Å². The molecule has 0 saturated carbocycles.